The molecule has 2 unspecified atom stereocenters. The number of carbonyl (C=O) groups is 1. The zero-order valence-electron chi connectivity index (χ0n) is 9.97. The summed E-state index contributed by atoms with van der Waals surface area (Å²) in [7, 11) is 3.18. The Morgan fingerprint density at radius 1 is 1.24 bits per heavy atom. The summed E-state index contributed by atoms with van der Waals surface area (Å²) >= 11 is 0. The average molecular weight is 236 g/mol. The highest BCUT2D eigenvalue weighted by Crippen LogP contribution is 2.49. The molecule has 0 amide bonds. The lowest BCUT2D eigenvalue weighted by molar-refractivity contribution is -0.145. The van der Waals surface area contributed by atoms with Gasteiger partial charge in [-0.2, -0.15) is 0 Å². The quantitative estimate of drug-likeness (QED) is 0.871. The molecule has 4 heteroatoms. The van der Waals surface area contributed by atoms with Crippen LogP contribution in [-0.4, -0.2) is 25.3 Å². The van der Waals surface area contributed by atoms with Crippen molar-refractivity contribution >= 4 is 5.97 Å². The largest absolute Gasteiger partial charge is 0.496 e. The van der Waals surface area contributed by atoms with Crippen LogP contribution in [0, 0.1) is 5.92 Å². The molecule has 1 saturated carbocycles. The highest BCUT2D eigenvalue weighted by atomic mass is 16.5. The summed E-state index contributed by atoms with van der Waals surface area (Å²) in [6.45, 7) is 0. The summed E-state index contributed by atoms with van der Waals surface area (Å²) in [5, 5.41) is 9.11. The minimum atomic E-state index is -0.741. The van der Waals surface area contributed by atoms with Gasteiger partial charge in [-0.15, -0.1) is 0 Å². The van der Waals surface area contributed by atoms with E-state index in [1.807, 2.05) is 18.2 Å². The summed E-state index contributed by atoms with van der Waals surface area (Å²) in [6.07, 6.45) is 1.59. The molecule has 0 aliphatic heterocycles. The fourth-order valence-electron chi connectivity index (χ4n) is 2.39. The highest BCUT2D eigenvalue weighted by Gasteiger charge is 2.40. The molecule has 4 nitrogen and oxygen atoms in total. The monoisotopic (exact) mass is 236 g/mol. The predicted octanol–water partition coefficient (Wildman–Crippen LogP) is 2.28. The number of benzene rings is 1. The first-order valence-corrected chi connectivity index (χ1v) is 5.62. The molecule has 92 valence electrons. The predicted molar refractivity (Wildman–Crippen MR) is 62.6 cm³/mol. The first-order chi connectivity index (χ1) is 8.19. The van der Waals surface area contributed by atoms with Crippen molar-refractivity contribution in [1.29, 1.82) is 0 Å². The number of rotatable bonds is 4. The average Bonchev–Trinajstić information content (AvgIpc) is 2.27. The number of hydrogen-bond acceptors (Lipinski definition) is 3. The second kappa shape index (κ2) is 4.65. The van der Waals surface area contributed by atoms with Crippen LogP contribution in [0.5, 0.6) is 11.5 Å². The van der Waals surface area contributed by atoms with Gasteiger partial charge in [0, 0.05) is 11.5 Å². The van der Waals surface area contributed by atoms with E-state index in [9.17, 15) is 4.79 Å². The van der Waals surface area contributed by atoms with E-state index in [-0.39, 0.29) is 11.8 Å². The summed E-state index contributed by atoms with van der Waals surface area (Å²) < 4.78 is 10.6. The van der Waals surface area contributed by atoms with Crippen LogP contribution >= 0.6 is 0 Å². The number of methoxy groups -OCH3 is 2. The van der Waals surface area contributed by atoms with Gasteiger partial charge >= 0.3 is 5.97 Å². The Kier molecular flexibility index (Phi) is 3.22. The number of carboxylic acid groups (broad SMARTS) is 1. The number of aliphatic carboxylic acids is 1. The molecular weight excluding hydrogens is 220 g/mol. The molecule has 0 heterocycles. The van der Waals surface area contributed by atoms with Crippen LogP contribution in [0.15, 0.2) is 18.2 Å². The van der Waals surface area contributed by atoms with E-state index >= 15 is 0 Å². The fourth-order valence-corrected chi connectivity index (χ4v) is 2.39. The lowest BCUT2D eigenvalue weighted by atomic mass is 9.69. The van der Waals surface area contributed by atoms with Gasteiger partial charge in [-0.1, -0.05) is 6.07 Å². The Hall–Kier alpha value is -1.71. The van der Waals surface area contributed by atoms with Crippen molar-refractivity contribution in [1.82, 2.24) is 0 Å². The maximum absolute atomic E-state index is 11.1. The lowest BCUT2D eigenvalue weighted by Gasteiger charge is -2.35. The maximum Gasteiger partial charge on any atom is 0.307 e. The Labute approximate surface area is 100 Å². The van der Waals surface area contributed by atoms with Crippen LogP contribution in [0.3, 0.4) is 0 Å². The standard InChI is InChI=1S/C13H16O4/c1-16-10-4-3-5-11(17-2)12(10)8-6-7-9(8)13(14)15/h3-5,8-9H,6-7H2,1-2H3,(H,14,15). The van der Waals surface area contributed by atoms with E-state index in [1.165, 1.54) is 0 Å². The zero-order valence-corrected chi connectivity index (χ0v) is 9.97. The molecule has 0 saturated heterocycles. The minimum absolute atomic E-state index is 0.00130. The van der Waals surface area contributed by atoms with Gasteiger partial charge < -0.3 is 14.6 Å². The first kappa shape index (κ1) is 11.8. The molecule has 0 spiro atoms. The topological polar surface area (TPSA) is 55.8 Å². The molecule has 1 fully saturated rings. The van der Waals surface area contributed by atoms with Gasteiger partial charge in [-0.05, 0) is 25.0 Å². The second-order valence-electron chi connectivity index (χ2n) is 4.20. The highest BCUT2D eigenvalue weighted by molar-refractivity contribution is 5.73. The van der Waals surface area contributed by atoms with Crippen LogP contribution in [-0.2, 0) is 4.79 Å². The van der Waals surface area contributed by atoms with Crippen molar-refractivity contribution in [2.75, 3.05) is 14.2 Å². The van der Waals surface area contributed by atoms with Gasteiger partial charge in [0.05, 0.1) is 20.1 Å². The van der Waals surface area contributed by atoms with E-state index in [0.717, 1.165) is 18.4 Å². The van der Waals surface area contributed by atoms with Gasteiger partial charge in [0.15, 0.2) is 0 Å². The van der Waals surface area contributed by atoms with E-state index < -0.39 is 5.97 Å². The van der Waals surface area contributed by atoms with Gasteiger partial charge in [0.2, 0.25) is 0 Å². The van der Waals surface area contributed by atoms with E-state index in [2.05, 4.69) is 0 Å². The zero-order chi connectivity index (χ0) is 12.4. The minimum Gasteiger partial charge on any atom is -0.496 e. The normalized spacial score (nSPS) is 22.7. The molecule has 1 N–H and O–H groups in total. The molecule has 0 radical (unpaired) electrons. The molecule has 0 aromatic heterocycles. The van der Waals surface area contributed by atoms with Crippen molar-refractivity contribution in [2.24, 2.45) is 5.92 Å². The van der Waals surface area contributed by atoms with Gasteiger partial charge in [0.1, 0.15) is 11.5 Å². The van der Waals surface area contributed by atoms with Crippen molar-refractivity contribution in [3.05, 3.63) is 23.8 Å². The Morgan fingerprint density at radius 2 is 1.82 bits per heavy atom. The van der Waals surface area contributed by atoms with Crippen LogP contribution in [0.1, 0.15) is 24.3 Å². The van der Waals surface area contributed by atoms with Crippen LogP contribution in [0.25, 0.3) is 0 Å². The number of carboxylic acids is 1. The smallest absolute Gasteiger partial charge is 0.307 e. The maximum atomic E-state index is 11.1. The summed E-state index contributed by atoms with van der Waals surface area (Å²) in [5.74, 6) is 0.355. The fraction of sp³-hybridized carbons (Fsp3) is 0.462. The van der Waals surface area contributed by atoms with Crippen molar-refractivity contribution in [3.8, 4) is 11.5 Å². The molecule has 1 aliphatic rings. The Bertz CT molecular complexity index is 405. The summed E-state index contributed by atoms with van der Waals surface area (Å²) in [4.78, 5) is 11.1. The number of ether oxygens (including phenoxy) is 2. The molecule has 2 rings (SSSR count). The third-order valence-corrected chi connectivity index (χ3v) is 3.43. The Morgan fingerprint density at radius 3 is 2.18 bits per heavy atom. The van der Waals surface area contributed by atoms with Gasteiger partial charge in [-0.3, -0.25) is 4.79 Å². The van der Waals surface area contributed by atoms with Crippen LogP contribution < -0.4 is 9.47 Å². The molecular formula is C13H16O4. The third-order valence-electron chi connectivity index (χ3n) is 3.43. The Balaban J connectivity index is 2.39. The molecule has 17 heavy (non-hydrogen) atoms. The third kappa shape index (κ3) is 1.95. The first-order valence-electron chi connectivity index (χ1n) is 5.62. The van der Waals surface area contributed by atoms with E-state index in [1.54, 1.807) is 14.2 Å². The van der Waals surface area contributed by atoms with E-state index in [4.69, 9.17) is 14.6 Å². The summed E-state index contributed by atoms with van der Waals surface area (Å²) in [5.41, 5.74) is 0.885. The van der Waals surface area contributed by atoms with Gasteiger partial charge in [0.25, 0.3) is 0 Å². The summed E-state index contributed by atoms with van der Waals surface area (Å²) in [6, 6.07) is 5.53. The van der Waals surface area contributed by atoms with Crippen molar-refractivity contribution < 1.29 is 19.4 Å². The van der Waals surface area contributed by atoms with Crippen LogP contribution in [0.4, 0.5) is 0 Å². The molecule has 0 bridgehead atoms. The van der Waals surface area contributed by atoms with E-state index in [0.29, 0.717) is 11.5 Å². The SMILES string of the molecule is COc1cccc(OC)c1C1CCC1C(=O)O. The number of hydrogen-bond donors (Lipinski definition) is 1. The molecule has 1 aromatic rings. The second-order valence-corrected chi connectivity index (χ2v) is 4.20. The van der Waals surface area contributed by atoms with Crippen molar-refractivity contribution in [2.45, 2.75) is 18.8 Å². The lowest BCUT2D eigenvalue weighted by Crippen LogP contribution is -2.31. The molecule has 2 atom stereocenters. The van der Waals surface area contributed by atoms with Crippen LogP contribution in [0.2, 0.25) is 0 Å². The van der Waals surface area contributed by atoms with Gasteiger partial charge in [-0.25, -0.2) is 0 Å². The molecule has 1 aromatic carbocycles. The van der Waals surface area contributed by atoms with Crippen molar-refractivity contribution in [3.63, 3.8) is 0 Å². The molecule has 1 aliphatic carbocycles.